The van der Waals surface area contributed by atoms with Crippen molar-refractivity contribution in [1.82, 2.24) is 16.0 Å². The Balaban J connectivity index is 2.08. The predicted octanol–water partition coefficient (Wildman–Crippen LogP) is 1.19. The summed E-state index contributed by atoms with van der Waals surface area (Å²) in [6.07, 6.45) is 6.65. The Labute approximate surface area is 122 Å². The maximum absolute atomic E-state index is 11.8. The fourth-order valence-corrected chi connectivity index (χ4v) is 2.65. The zero-order valence-electron chi connectivity index (χ0n) is 12.8. The highest BCUT2D eigenvalue weighted by Gasteiger charge is 2.17. The van der Waals surface area contributed by atoms with Crippen LogP contribution in [0.2, 0.25) is 0 Å². The molecule has 116 valence electrons. The number of carbonyl (C=O) groups excluding carboxylic acids is 2. The van der Waals surface area contributed by atoms with Gasteiger partial charge in [0, 0.05) is 19.0 Å². The van der Waals surface area contributed by atoms with Crippen LogP contribution in [-0.4, -0.2) is 37.5 Å². The molecule has 1 saturated carbocycles. The van der Waals surface area contributed by atoms with E-state index in [1.165, 1.54) is 19.3 Å². The third-order valence-corrected chi connectivity index (χ3v) is 3.80. The Kier molecular flexibility index (Phi) is 8.26. The van der Waals surface area contributed by atoms with E-state index in [1.54, 1.807) is 0 Å². The lowest BCUT2D eigenvalue weighted by Gasteiger charge is -2.20. The van der Waals surface area contributed by atoms with E-state index in [4.69, 9.17) is 0 Å². The van der Waals surface area contributed by atoms with E-state index in [0.717, 1.165) is 19.4 Å². The number of carbonyl (C=O) groups is 2. The van der Waals surface area contributed by atoms with Crippen molar-refractivity contribution >= 4 is 11.8 Å². The van der Waals surface area contributed by atoms with Crippen LogP contribution >= 0.6 is 0 Å². The van der Waals surface area contributed by atoms with Gasteiger partial charge < -0.3 is 16.0 Å². The van der Waals surface area contributed by atoms with Crippen LogP contribution < -0.4 is 16.0 Å². The minimum absolute atomic E-state index is 0.00628. The van der Waals surface area contributed by atoms with Crippen LogP contribution in [0.3, 0.4) is 0 Å². The van der Waals surface area contributed by atoms with Crippen LogP contribution in [-0.2, 0) is 9.59 Å². The van der Waals surface area contributed by atoms with Gasteiger partial charge in [-0.25, -0.2) is 0 Å². The molecule has 20 heavy (non-hydrogen) atoms. The molecule has 0 heterocycles. The summed E-state index contributed by atoms with van der Waals surface area (Å²) in [7, 11) is 0. The number of nitrogens with one attached hydrogen (secondary N) is 3. The summed E-state index contributed by atoms with van der Waals surface area (Å²) in [4.78, 5) is 23.3. The highest BCUT2D eigenvalue weighted by molar-refractivity contribution is 5.84. The molecule has 0 aromatic carbocycles. The van der Waals surface area contributed by atoms with Crippen molar-refractivity contribution in [2.45, 2.75) is 58.4 Å². The highest BCUT2D eigenvalue weighted by Crippen LogP contribution is 2.25. The predicted molar refractivity (Wildman–Crippen MR) is 80.4 cm³/mol. The molecule has 5 nitrogen and oxygen atoms in total. The van der Waals surface area contributed by atoms with E-state index in [-0.39, 0.29) is 24.4 Å². The monoisotopic (exact) mass is 283 g/mol. The summed E-state index contributed by atoms with van der Waals surface area (Å²) in [5.74, 6) is 0.402. The van der Waals surface area contributed by atoms with Crippen molar-refractivity contribution < 1.29 is 9.59 Å². The SMILES string of the molecule is CCN[C@H](C)CNC(=O)CNC(=O)CC1CCCCC1. The average molecular weight is 283 g/mol. The molecule has 3 N–H and O–H groups in total. The third-order valence-electron chi connectivity index (χ3n) is 3.80. The van der Waals surface area contributed by atoms with Crippen LogP contribution in [0.4, 0.5) is 0 Å². The highest BCUT2D eigenvalue weighted by atomic mass is 16.2. The molecule has 1 rings (SSSR count). The Morgan fingerprint density at radius 1 is 1.10 bits per heavy atom. The smallest absolute Gasteiger partial charge is 0.239 e. The van der Waals surface area contributed by atoms with Crippen LogP contribution in [0, 0.1) is 5.92 Å². The second kappa shape index (κ2) is 9.75. The summed E-state index contributed by atoms with van der Waals surface area (Å²) in [6, 6.07) is 0.252. The molecule has 0 aromatic heterocycles. The number of hydrogen-bond donors (Lipinski definition) is 3. The Morgan fingerprint density at radius 2 is 1.80 bits per heavy atom. The van der Waals surface area contributed by atoms with Gasteiger partial charge in [-0.15, -0.1) is 0 Å². The average Bonchev–Trinajstić information content (AvgIpc) is 2.44. The van der Waals surface area contributed by atoms with Crippen LogP contribution in [0.15, 0.2) is 0 Å². The number of rotatable bonds is 8. The van der Waals surface area contributed by atoms with Crippen molar-refractivity contribution in [3.63, 3.8) is 0 Å². The van der Waals surface area contributed by atoms with Gasteiger partial charge in [0.2, 0.25) is 11.8 Å². The summed E-state index contributed by atoms with van der Waals surface area (Å²) in [5.41, 5.74) is 0. The Hall–Kier alpha value is -1.10. The first-order valence-corrected chi connectivity index (χ1v) is 7.88. The lowest BCUT2D eigenvalue weighted by atomic mass is 9.87. The zero-order valence-corrected chi connectivity index (χ0v) is 12.8. The lowest BCUT2D eigenvalue weighted by Crippen LogP contribution is -2.43. The fraction of sp³-hybridized carbons (Fsp3) is 0.867. The van der Waals surface area contributed by atoms with Gasteiger partial charge in [0.15, 0.2) is 0 Å². The van der Waals surface area contributed by atoms with E-state index in [9.17, 15) is 9.59 Å². The first kappa shape index (κ1) is 17.0. The summed E-state index contributed by atoms with van der Waals surface area (Å²) < 4.78 is 0. The van der Waals surface area contributed by atoms with Crippen molar-refractivity contribution in [1.29, 1.82) is 0 Å². The summed E-state index contributed by atoms with van der Waals surface area (Å²) in [5, 5.41) is 8.74. The van der Waals surface area contributed by atoms with Crippen molar-refractivity contribution in [2.24, 2.45) is 5.92 Å². The second-order valence-electron chi connectivity index (χ2n) is 5.75. The maximum Gasteiger partial charge on any atom is 0.239 e. The minimum atomic E-state index is -0.119. The number of amides is 2. The fourth-order valence-electron chi connectivity index (χ4n) is 2.65. The molecule has 1 aliphatic carbocycles. The minimum Gasteiger partial charge on any atom is -0.353 e. The molecule has 0 bridgehead atoms. The Bertz CT molecular complexity index is 301. The number of hydrogen-bond acceptors (Lipinski definition) is 3. The quantitative estimate of drug-likeness (QED) is 0.626. The normalized spacial score (nSPS) is 17.5. The topological polar surface area (TPSA) is 70.2 Å². The first-order valence-electron chi connectivity index (χ1n) is 7.88. The van der Waals surface area contributed by atoms with Gasteiger partial charge in [-0.05, 0) is 32.2 Å². The van der Waals surface area contributed by atoms with Gasteiger partial charge in [0.05, 0.1) is 6.54 Å². The molecule has 0 aromatic rings. The molecule has 0 unspecified atom stereocenters. The first-order chi connectivity index (χ1) is 9.61. The molecule has 1 fully saturated rings. The van der Waals surface area contributed by atoms with Gasteiger partial charge >= 0.3 is 0 Å². The molecule has 0 saturated heterocycles. The van der Waals surface area contributed by atoms with Crippen LogP contribution in [0.5, 0.6) is 0 Å². The Morgan fingerprint density at radius 3 is 2.45 bits per heavy atom. The van der Waals surface area contributed by atoms with Crippen LogP contribution in [0.1, 0.15) is 52.4 Å². The van der Waals surface area contributed by atoms with E-state index in [1.807, 2.05) is 13.8 Å². The van der Waals surface area contributed by atoms with E-state index >= 15 is 0 Å². The maximum atomic E-state index is 11.8. The zero-order chi connectivity index (χ0) is 14.8. The largest absolute Gasteiger partial charge is 0.353 e. The van der Waals surface area contributed by atoms with E-state index in [0.29, 0.717) is 18.9 Å². The van der Waals surface area contributed by atoms with Gasteiger partial charge in [-0.3, -0.25) is 9.59 Å². The summed E-state index contributed by atoms with van der Waals surface area (Å²) in [6.45, 7) is 5.61. The molecular weight excluding hydrogens is 254 g/mol. The molecule has 1 aliphatic rings. The molecule has 1 atom stereocenters. The van der Waals surface area contributed by atoms with Gasteiger partial charge in [-0.2, -0.15) is 0 Å². The van der Waals surface area contributed by atoms with Crippen LogP contribution in [0.25, 0.3) is 0 Å². The number of likely N-dealkylation sites (N-methyl/N-ethyl adjacent to an activating group) is 1. The molecule has 2 amide bonds. The third kappa shape index (κ3) is 7.48. The second-order valence-corrected chi connectivity index (χ2v) is 5.75. The van der Waals surface area contributed by atoms with E-state index in [2.05, 4.69) is 16.0 Å². The molecule has 0 spiro atoms. The molecule has 0 radical (unpaired) electrons. The molecule has 5 heteroatoms. The van der Waals surface area contributed by atoms with Crippen molar-refractivity contribution in [3.05, 3.63) is 0 Å². The van der Waals surface area contributed by atoms with Gasteiger partial charge in [-0.1, -0.05) is 26.2 Å². The van der Waals surface area contributed by atoms with Crippen molar-refractivity contribution in [2.75, 3.05) is 19.6 Å². The molecular formula is C15H29N3O2. The van der Waals surface area contributed by atoms with E-state index < -0.39 is 0 Å². The van der Waals surface area contributed by atoms with Gasteiger partial charge in [0.25, 0.3) is 0 Å². The standard InChI is InChI=1S/C15H29N3O2/c1-3-16-12(2)10-17-15(20)11-18-14(19)9-13-7-5-4-6-8-13/h12-13,16H,3-11H2,1-2H3,(H,17,20)(H,18,19)/t12-/m1/s1. The summed E-state index contributed by atoms with van der Waals surface area (Å²) >= 11 is 0. The van der Waals surface area contributed by atoms with Crippen molar-refractivity contribution in [3.8, 4) is 0 Å². The van der Waals surface area contributed by atoms with Gasteiger partial charge in [0.1, 0.15) is 0 Å². The molecule has 0 aliphatic heterocycles. The lowest BCUT2D eigenvalue weighted by molar-refractivity contribution is -0.126.